The highest BCUT2D eigenvalue weighted by Crippen LogP contribution is 2.15. The van der Waals surface area contributed by atoms with Gasteiger partial charge in [-0.1, -0.05) is 18.2 Å². The van der Waals surface area contributed by atoms with Gasteiger partial charge in [-0.2, -0.15) is 5.10 Å². The highest BCUT2D eigenvalue weighted by atomic mass is 127. The number of aromatic nitrogens is 3. The van der Waals surface area contributed by atoms with Crippen molar-refractivity contribution in [3.63, 3.8) is 0 Å². The second-order valence-electron chi connectivity index (χ2n) is 7.44. The number of hydrogen-bond donors (Lipinski definition) is 4. The van der Waals surface area contributed by atoms with Crippen molar-refractivity contribution in [3.05, 3.63) is 36.2 Å². The van der Waals surface area contributed by atoms with Gasteiger partial charge in [0.1, 0.15) is 11.9 Å². The van der Waals surface area contributed by atoms with Gasteiger partial charge in [0.25, 0.3) is 0 Å². The first-order valence-electron chi connectivity index (χ1n) is 9.81. The number of halogens is 1. The van der Waals surface area contributed by atoms with Crippen LogP contribution in [0.1, 0.15) is 39.7 Å². The van der Waals surface area contributed by atoms with Crippen LogP contribution in [0.3, 0.4) is 0 Å². The van der Waals surface area contributed by atoms with Crippen LogP contribution in [0.4, 0.5) is 4.79 Å². The quantitative estimate of drug-likeness (QED) is 0.181. The van der Waals surface area contributed by atoms with Crippen molar-refractivity contribution in [2.75, 3.05) is 19.6 Å². The van der Waals surface area contributed by atoms with Gasteiger partial charge in [-0.3, -0.25) is 5.10 Å². The summed E-state index contributed by atoms with van der Waals surface area (Å²) in [6.07, 6.45) is 1.85. The summed E-state index contributed by atoms with van der Waals surface area (Å²) in [5.74, 6) is 1.47. The Morgan fingerprint density at radius 2 is 1.97 bits per heavy atom. The van der Waals surface area contributed by atoms with E-state index in [9.17, 15) is 4.79 Å². The normalized spacial score (nSPS) is 11.4. The molecule has 1 aromatic carbocycles. The molecule has 0 bridgehead atoms. The zero-order valence-electron chi connectivity index (χ0n) is 18.0. The molecule has 9 nitrogen and oxygen atoms in total. The number of nitrogens with zero attached hydrogens (tertiary/aromatic N) is 3. The molecule has 30 heavy (non-hydrogen) atoms. The fourth-order valence-corrected chi connectivity index (χ4v) is 2.47. The van der Waals surface area contributed by atoms with Gasteiger partial charge in [0, 0.05) is 25.2 Å². The Labute approximate surface area is 194 Å². The first kappa shape index (κ1) is 25.7. The number of alkyl carbamates (subject to hydrolysis) is 1. The third kappa shape index (κ3) is 9.90. The minimum absolute atomic E-state index is 0. The van der Waals surface area contributed by atoms with Crippen molar-refractivity contribution in [2.45, 2.75) is 46.3 Å². The van der Waals surface area contributed by atoms with Crippen LogP contribution in [-0.4, -0.2) is 52.5 Å². The van der Waals surface area contributed by atoms with Gasteiger partial charge in [-0.25, -0.2) is 14.8 Å². The third-order valence-corrected chi connectivity index (χ3v) is 3.69. The number of amides is 1. The molecule has 0 aliphatic carbocycles. The Morgan fingerprint density at radius 1 is 1.20 bits per heavy atom. The molecule has 4 N–H and O–H groups in total. The van der Waals surface area contributed by atoms with Gasteiger partial charge in [-0.15, -0.1) is 24.0 Å². The summed E-state index contributed by atoms with van der Waals surface area (Å²) < 4.78 is 5.21. The third-order valence-electron chi connectivity index (χ3n) is 3.69. The molecule has 0 fully saturated rings. The Bertz CT molecular complexity index is 789. The summed E-state index contributed by atoms with van der Waals surface area (Å²) in [7, 11) is 0. The molecule has 0 aliphatic heterocycles. The number of aliphatic imine (C=N–C) groups is 1. The summed E-state index contributed by atoms with van der Waals surface area (Å²) >= 11 is 0. The number of nitrogens with one attached hydrogen (secondary N) is 4. The number of carbonyl (C=O) groups excluding carboxylic acids is 1. The van der Waals surface area contributed by atoms with Crippen LogP contribution in [0, 0.1) is 0 Å². The number of guanidine groups is 1. The first-order chi connectivity index (χ1) is 13.9. The topological polar surface area (TPSA) is 116 Å². The predicted molar refractivity (Wildman–Crippen MR) is 129 cm³/mol. The molecule has 1 heterocycles. The summed E-state index contributed by atoms with van der Waals surface area (Å²) in [5, 5.41) is 16.0. The Hall–Kier alpha value is -2.37. The van der Waals surface area contributed by atoms with Crippen molar-refractivity contribution in [1.82, 2.24) is 31.1 Å². The zero-order chi connectivity index (χ0) is 21.1. The van der Waals surface area contributed by atoms with E-state index in [1.165, 1.54) is 6.33 Å². The zero-order valence-corrected chi connectivity index (χ0v) is 20.3. The summed E-state index contributed by atoms with van der Waals surface area (Å²) in [6, 6.07) is 8.02. The average Bonchev–Trinajstić information content (AvgIpc) is 3.19. The van der Waals surface area contributed by atoms with Crippen molar-refractivity contribution in [1.29, 1.82) is 0 Å². The summed E-state index contributed by atoms with van der Waals surface area (Å²) in [5.41, 5.74) is 1.56. The SMILES string of the molecule is CCNC(=NCc1cccc(-c2ncn[nH]2)c1)NCCCNC(=O)OC(C)(C)C.I. The van der Waals surface area contributed by atoms with Crippen LogP contribution in [0.15, 0.2) is 35.6 Å². The van der Waals surface area contributed by atoms with Crippen LogP contribution in [0.2, 0.25) is 0 Å². The molecule has 0 atom stereocenters. The highest BCUT2D eigenvalue weighted by molar-refractivity contribution is 14.0. The minimum atomic E-state index is -0.488. The maximum absolute atomic E-state index is 11.6. The second-order valence-corrected chi connectivity index (χ2v) is 7.44. The fraction of sp³-hybridized carbons (Fsp3) is 0.500. The number of ether oxygens (including phenoxy) is 1. The average molecular weight is 529 g/mol. The van der Waals surface area contributed by atoms with E-state index in [-0.39, 0.29) is 24.0 Å². The molecule has 0 radical (unpaired) electrons. The molecular weight excluding hydrogens is 497 g/mol. The van der Waals surface area contributed by atoms with Gasteiger partial charge < -0.3 is 20.7 Å². The highest BCUT2D eigenvalue weighted by Gasteiger charge is 2.15. The van der Waals surface area contributed by atoms with Gasteiger partial charge >= 0.3 is 6.09 Å². The van der Waals surface area contributed by atoms with Crippen LogP contribution in [0.25, 0.3) is 11.4 Å². The fourth-order valence-electron chi connectivity index (χ4n) is 2.47. The van der Waals surface area contributed by atoms with E-state index in [2.05, 4.69) is 36.1 Å². The van der Waals surface area contributed by atoms with Crippen LogP contribution >= 0.6 is 24.0 Å². The molecule has 2 rings (SSSR count). The molecule has 166 valence electrons. The molecule has 0 saturated heterocycles. The Morgan fingerprint density at radius 3 is 2.63 bits per heavy atom. The molecule has 10 heteroatoms. The summed E-state index contributed by atoms with van der Waals surface area (Å²) in [4.78, 5) is 20.4. The number of hydrogen-bond acceptors (Lipinski definition) is 5. The van der Waals surface area contributed by atoms with Gasteiger partial charge in [0.05, 0.1) is 6.54 Å². The number of carbonyl (C=O) groups is 1. The minimum Gasteiger partial charge on any atom is -0.444 e. The molecule has 2 aromatic rings. The van der Waals surface area contributed by atoms with Crippen LogP contribution in [-0.2, 0) is 11.3 Å². The maximum atomic E-state index is 11.6. The first-order valence-corrected chi connectivity index (χ1v) is 9.81. The largest absolute Gasteiger partial charge is 0.444 e. The standard InChI is InChI=1S/C20H31N7O2.HI/c1-5-21-18(22-10-7-11-23-19(28)29-20(2,3)4)24-13-15-8-6-9-16(12-15)17-25-14-26-27-17;/h6,8-9,12,14H,5,7,10-11,13H2,1-4H3,(H,23,28)(H2,21,22,24)(H,25,26,27);1H. The molecule has 0 aliphatic rings. The van der Waals surface area contributed by atoms with Crippen LogP contribution in [0.5, 0.6) is 0 Å². The van der Waals surface area contributed by atoms with Gasteiger partial charge in [0.2, 0.25) is 0 Å². The molecule has 0 spiro atoms. The van der Waals surface area contributed by atoms with Crippen molar-refractivity contribution < 1.29 is 9.53 Å². The van der Waals surface area contributed by atoms with Crippen LogP contribution < -0.4 is 16.0 Å². The molecule has 0 saturated carbocycles. The number of benzene rings is 1. The smallest absolute Gasteiger partial charge is 0.407 e. The molecule has 1 amide bonds. The lowest BCUT2D eigenvalue weighted by Crippen LogP contribution is -2.39. The molecule has 1 aromatic heterocycles. The second kappa shape index (κ2) is 13.0. The van der Waals surface area contributed by atoms with E-state index in [4.69, 9.17) is 4.74 Å². The lowest BCUT2D eigenvalue weighted by atomic mass is 10.1. The summed E-state index contributed by atoms with van der Waals surface area (Å²) in [6.45, 7) is 10.1. The van der Waals surface area contributed by atoms with Crippen molar-refractivity contribution >= 4 is 36.0 Å². The maximum Gasteiger partial charge on any atom is 0.407 e. The van der Waals surface area contributed by atoms with E-state index >= 15 is 0 Å². The number of rotatable bonds is 8. The lowest BCUT2D eigenvalue weighted by molar-refractivity contribution is 0.0527. The lowest BCUT2D eigenvalue weighted by Gasteiger charge is -2.19. The van der Waals surface area contributed by atoms with E-state index in [0.29, 0.717) is 19.6 Å². The predicted octanol–water partition coefficient (Wildman–Crippen LogP) is 3.06. The van der Waals surface area contributed by atoms with Gasteiger partial charge in [-0.05, 0) is 45.7 Å². The monoisotopic (exact) mass is 529 g/mol. The van der Waals surface area contributed by atoms with Crippen molar-refractivity contribution in [3.8, 4) is 11.4 Å². The molecular formula is C20H32IN7O2. The Balaban J connectivity index is 0.00000450. The van der Waals surface area contributed by atoms with Crippen molar-refractivity contribution in [2.24, 2.45) is 4.99 Å². The number of aromatic amines is 1. The van der Waals surface area contributed by atoms with E-state index in [0.717, 1.165) is 35.9 Å². The number of H-pyrrole nitrogens is 1. The molecule has 0 unspecified atom stereocenters. The Kier molecular flexibility index (Phi) is 11.2. The van der Waals surface area contributed by atoms with E-state index in [1.807, 2.05) is 52.0 Å². The van der Waals surface area contributed by atoms with E-state index < -0.39 is 11.7 Å². The van der Waals surface area contributed by atoms with Gasteiger partial charge in [0.15, 0.2) is 11.8 Å². The van der Waals surface area contributed by atoms with E-state index in [1.54, 1.807) is 0 Å².